The van der Waals surface area contributed by atoms with Gasteiger partial charge in [0.2, 0.25) is 0 Å². The minimum atomic E-state index is -0.198. The predicted octanol–water partition coefficient (Wildman–Crippen LogP) is 17.1. The third-order valence-electron chi connectivity index (χ3n) is 14.5. The van der Waals surface area contributed by atoms with Gasteiger partial charge in [-0.05, 0) is 127 Å². The van der Waals surface area contributed by atoms with E-state index < -0.39 is 0 Å². The Bertz CT molecular complexity index is 3650. The predicted molar refractivity (Wildman–Crippen MR) is 277 cm³/mol. The quantitative estimate of drug-likeness (QED) is 0.155. The maximum Gasteiger partial charge on any atom is 0.0547 e. The van der Waals surface area contributed by atoms with Crippen LogP contribution in [0.3, 0.4) is 0 Å². The standard InChI is InChI=1S/C64H46N2/c1-64(2)56-30-13-11-22-50(56)53-28-17-33-59(63(53)64)65(46-38-34-42(35-39-46)48-26-15-29-55-60(44-18-5-3-6-19-44)51-23-9-10-24-52(51)61(48)55)47-40-36-43(37-41-47)49-27-16-32-58-62(49)54-25-12-14-31-57(54)66(58)45-20-7-4-8-21-45/h3-41,60H,1-2H3. The summed E-state index contributed by atoms with van der Waals surface area (Å²) in [5.41, 5.74) is 23.8. The first-order chi connectivity index (χ1) is 32.5. The highest BCUT2D eigenvalue weighted by Gasteiger charge is 2.39. The molecule has 10 aromatic carbocycles. The summed E-state index contributed by atoms with van der Waals surface area (Å²) in [5.74, 6) is 0.206. The molecule has 13 rings (SSSR count). The maximum atomic E-state index is 2.48. The number of aromatic nitrogens is 1. The molecule has 2 aliphatic rings. The first kappa shape index (κ1) is 38.3. The van der Waals surface area contributed by atoms with E-state index in [-0.39, 0.29) is 11.3 Å². The highest BCUT2D eigenvalue weighted by Crippen LogP contribution is 2.55. The lowest BCUT2D eigenvalue weighted by Gasteiger charge is -2.32. The lowest BCUT2D eigenvalue weighted by molar-refractivity contribution is 0.661. The molecule has 0 amide bonds. The Balaban J connectivity index is 0.955. The van der Waals surface area contributed by atoms with E-state index >= 15 is 0 Å². The molecule has 0 bridgehead atoms. The van der Waals surface area contributed by atoms with E-state index in [4.69, 9.17) is 0 Å². The highest BCUT2D eigenvalue weighted by molar-refractivity contribution is 6.15. The van der Waals surface area contributed by atoms with Crippen molar-refractivity contribution in [3.63, 3.8) is 0 Å². The van der Waals surface area contributed by atoms with E-state index in [0.717, 1.165) is 17.1 Å². The van der Waals surface area contributed by atoms with Crippen LogP contribution in [-0.4, -0.2) is 4.57 Å². The molecule has 1 unspecified atom stereocenters. The van der Waals surface area contributed by atoms with Crippen LogP contribution in [-0.2, 0) is 5.41 Å². The van der Waals surface area contributed by atoms with Crippen LogP contribution in [0.2, 0.25) is 0 Å². The van der Waals surface area contributed by atoms with Crippen LogP contribution >= 0.6 is 0 Å². The molecular formula is C64H46N2. The van der Waals surface area contributed by atoms with Crippen molar-refractivity contribution >= 4 is 38.9 Å². The van der Waals surface area contributed by atoms with Gasteiger partial charge in [0, 0.05) is 39.2 Å². The van der Waals surface area contributed by atoms with Crippen LogP contribution in [0.4, 0.5) is 17.1 Å². The van der Waals surface area contributed by atoms with Crippen molar-refractivity contribution in [2.75, 3.05) is 4.90 Å². The highest BCUT2D eigenvalue weighted by atomic mass is 15.1. The van der Waals surface area contributed by atoms with Gasteiger partial charge in [-0.3, -0.25) is 0 Å². The number of para-hydroxylation sites is 2. The molecule has 0 radical (unpaired) electrons. The minimum absolute atomic E-state index is 0.198. The van der Waals surface area contributed by atoms with E-state index in [9.17, 15) is 0 Å². The molecule has 11 aromatic rings. The second-order valence-electron chi connectivity index (χ2n) is 18.4. The Morgan fingerprint density at radius 2 is 0.955 bits per heavy atom. The normalized spacial score (nSPS) is 14.2. The molecule has 1 heterocycles. The number of rotatable bonds is 7. The Labute approximate surface area is 386 Å². The third-order valence-corrected chi connectivity index (χ3v) is 14.5. The average Bonchev–Trinajstić information content (AvgIpc) is 3.99. The van der Waals surface area contributed by atoms with Crippen LogP contribution < -0.4 is 4.90 Å². The fraction of sp³-hybridized carbons (Fsp3) is 0.0625. The summed E-state index contributed by atoms with van der Waals surface area (Å²) in [6.45, 7) is 4.77. The molecule has 66 heavy (non-hydrogen) atoms. The van der Waals surface area contributed by atoms with E-state index in [1.165, 1.54) is 99.8 Å². The van der Waals surface area contributed by atoms with Gasteiger partial charge in [0.15, 0.2) is 0 Å². The number of hydrogen-bond acceptors (Lipinski definition) is 1. The Kier molecular flexibility index (Phi) is 8.66. The molecule has 2 heteroatoms. The lowest BCUT2D eigenvalue weighted by Crippen LogP contribution is -2.20. The SMILES string of the molecule is CC1(C)c2ccccc2-c2cccc(N(c3ccc(-c4cccc5c4-c4ccccc4C5c4ccccc4)cc3)c3ccc(-c4cccc5c4c4ccccc4n5-c4ccccc4)cc3)c21. The summed E-state index contributed by atoms with van der Waals surface area (Å²) in [6.07, 6.45) is 0. The largest absolute Gasteiger partial charge is 0.310 e. The van der Waals surface area contributed by atoms with E-state index in [1.54, 1.807) is 0 Å². The molecule has 2 aliphatic carbocycles. The lowest BCUT2D eigenvalue weighted by atomic mass is 9.81. The average molecular weight is 843 g/mol. The molecule has 0 fully saturated rings. The monoisotopic (exact) mass is 842 g/mol. The van der Waals surface area contributed by atoms with Gasteiger partial charge in [-0.15, -0.1) is 0 Å². The fourth-order valence-corrected chi connectivity index (χ4v) is 11.6. The molecule has 0 spiro atoms. The van der Waals surface area contributed by atoms with Crippen molar-refractivity contribution < 1.29 is 0 Å². The first-order valence-corrected chi connectivity index (χ1v) is 23.1. The van der Waals surface area contributed by atoms with Gasteiger partial charge >= 0.3 is 0 Å². The molecule has 1 atom stereocenters. The van der Waals surface area contributed by atoms with Gasteiger partial charge < -0.3 is 9.47 Å². The minimum Gasteiger partial charge on any atom is -0.310 e. The summed E-state index contributed by atoms with van der Waals surface area (Å²) in [6, 6.07) is 87.4. The van der Waals surface area contributed by atoms with Gasteiger partial charge in [0.1, 0.15) is 0 Å². The zero-order chi connectivity index (χ0) is 43.9. The number of anilines is 3. The number of benzene rings is 10. The Hall–Kier alpha value is -8.20. The van der Waals surface area contributed by atoms with Gasteiger partial charge in [-0.2, -0.15) is 0 Å². The van der Waals surface area contributed by atoms with Crippen molar-refractivity contribution in [2.45, 2.75) is 25.2 Å². The molecule has 1 aromatic heterocycles. The van der Waals surface area contributed by atoms with Gasteiger partial charge in [-0.1, -0.05) is 196 Å². The van der Waals surface area contributed by atoms with Crippen molar-refractivity contribution in [1.82, 2.24) is 4.57 Å². The summed E-state index contributed by atoms with van der Waals surface area (Å²) in [5, 5.41) is 2.52. The summed E-state index contributed by atoms with van der Waals surface area (Å²) in [7, 11) is 0. The summed E-state index contributed by atoms with van der Waals surface area (Å²) < 4.78 is 2.40. The zero-order valence-corrected chi connectivity index (χ0v) is 37.0. The van der Waals surface area contributed by atoms with E-state index in [0.29, 0.717) is 0 Å². The van der Waals surface area contributed by atoms with E-state index in [1.807, 2.05) is 0 Å². The van der Waals surface area contributed by atoms with Gasteiger partial charge in [0.05, 0.1) is 16.7 Å². The Morgan fingerprint density at radius 3 is 1.73 bits per heavy atom. The number of nitrogens with zero attached hydrogens (tertiary/aromatic N) is 2. The maximum absolute atomic E-state index is 2.48. The van der Waals surface area contributed by atoms with Gasteiger partial charge in [0.25, 0.3) is 0 Å². The van der Waals surface area contributed by atoms with Crippen molar-refractivity contribution in [3.05, 3.63) is 264 Å². The van der Waals surface area contributed by atoms with Gasteiger partial charge in [-0.25, -0.2) is 0 Å². The smallest absolute Gasteiger partial charge is 0.0547 e. The zero-order valence-electron chi connectivity index (χ0n) is 37.0. The molecule has 312 valence electrons. The van der Waals surface area contributed by atoms with Crippen LogP contribution in [0.1, 0.15) is 47.6 Å². The number of fused-ring (bicyclic) bond motifs is 9. The second kappa shape index (κ2) is 14.9. The number of hydrogen-bond donors (Lipinski definition) is 0. The van der Waals surface area contributed by atoms with Crippen molar-refractivity contribution in [2.24, 2.45) is 0 Å². The first-order valence-electron chi connectivity index (χ1n) is 23.1. The third kappa shape index (κ3) is 5.74. The molecule has 0 saturated carbocycles. The second-order valence-corrected chi connectivity index (χ2v) is 18.4. The molecule has 2 nitrogen and oxygen atoms in total. The van der Waals surface area contributed by atoms with E-state index in [2.05, 4.69) is 260 Å². The summed E-state index contributed by atoms with van der Waals surface area (Å²) in [4.78, 5) is 2.48. The fourth-order valence-electron chi connectivity index (χ4n) is 11.6. The molecular weight excluding hydrogens is 797 g/mol. The molecule has 0 saturated heterocycles. The van der Waals surface area contributed by atoms with Crippen molar-refractivity contribution in [1.29, 1.82) is 0 Å². The molecule has 0 N–H and O–H groups in total. The topological polar surface area (TPSA) is 8.17 Å². The molecule has 0 aliphatic heterocycles. The summed E-state index contributed by atoms with van der Waals surface area (Å²) >= 11 is 0. The van der Waals surface area contributed by atoms with Crippen LogP contribution in [0.15, 0.2) is 237 Å². The van der Waals surface area contributed by atoms with Crippen molar-refractivity contribution in [3.8, 4) is 50.2 Å². The Morgan fingerprint density at radius 1 is 0.409 bits per heavy atom. The van der Waals surface area contributed by atoms with Crippen LogP contribution in [0.5, 0.6) is 0 Å². The van der Waals surface area contributed by atoms with Crippen LogP contribution in [0.25, 0.3) is 72.0 Å². The van der Waals surface area contributed by atoms with Crippen LogP contribution in [0, 0.1) is 0 Å².